The van der Waals surface area contributed by atoms with E-state index in [2.05, 4.69) is 24.3 Å². The summed E-state index contributed by atoms with van der Waals surface area (Å²) in [5.74, 6) is 0. The lowest BCUT2D eigenvalue weighted by Gasteiger charge is -2.25. The van der Waals surface area contributed by atoms with Gasteiger partial charge in [-0.2, -0.15) is 13.2 Å². The topological polar surface area (TPSA) is 0 Å². The molecule has 0 heterocycles. The Bertz CT molecular complexity index is 1530. The molecule has 0 aliphatic heterocycles. The lowest BCUT2D eigenvalue weighted by Crippen LogP contribution is -2.23. The molecule has 0 aromatic heterocycles. The summed E-state index contributed by atoms with van der Waals surface area (Å²) in [4.78, 5) is 0. The van der Waals surface area contributed by atoms with E-state index in [0.717, 1.165) is 43.4 Å². The van der Waals surface area contributed by atoms with E-state index in [-0.39, 0.29) is 0 Å². The Morgan fingerprint density at radius 3 is 1.89 bits per heavy atom. The lowest BCUT2D eigenvalue weighted by atomic mass is 9.89. The highest BCUT2D eigenvalue weighted by Crippen LogP contribution is 2.43. The molecule has 0 saturated heterocycles. The van der Waals surface area contributed by atoms with Crippen molar-refractivity contribution in [2.75, 3.05) is 0 Å². The number of alkyl halides is 3. The fourth-order valence-corrected chi connectivity index (χ4v) is 7.17. The van der Waals surface area contributed by atoms with E-state index in [1.165, 1.54) is 12.1 Å². The van der Waals surface area contributed by atoms with Gasteiger partial charge in [0.15, 0.2) is 0 Å². The lowest BCUT2D eigenvalue weighted by molar-refractivity contribution is -0.137. The normalized spacial score (nSPS) is 12.3. The summed E-state index contributed by atoms with van der Waals surface area (Å²) in [5.41, 5.74) is 2.79. The quantitative estimate of drug-likeness (QED) is 0.208. The summed E-state index contributed by atoms with van der Waals surface area (Å²) in [6, 6.07) is 36.5. The molecule has 5 aromatic rings. The molecule has 5 rings (SSSR count). The minimum absolute atomic E-state index is 0.627. The van der Waals surface area contributed by atoms with Crippen LogP contribution in [0.1, 0.15) is 25.0 Å². The van der Waals surface area contributed by atoms with Gasteiger partial charge < -0.3 is 0 Å². The third-order valence-corrected chi connectivity index (χ3v) is 9.15. The SMILES string of the molecule is CC=C(C)c1ccc2ccccc2c1-c1cc(C(F)(F)F)ccc1P(c1ccccc1)c1ccccc1. The molecule has 0 nitrogen and oxygen atoms in total. The van der Waals surface area contributed by atoms with Crippen molar-refractivity contribution in [2.45, 2.75) is 20.0 Å². The highest BCUT2D eigenvalue weighted by atomic mass is 31.1. The van der Waals surface area contributed by atoms with Crippen LogP contribution in [0.3, 0.4) is 0 Å². The Labute approximate surface area is 216 Å². The third-order valence-electron chi connectivity index (χ3n) is 6.65. The van der Waals surface area contributed by atoms with E-state index in [0.29, 0.717) is 5.56 Å². The molecular weight excluding hydrogens is 484 g/mol. The standard InChI is InChI=1S/C33H26F3P/c1-3-23(2)28-20-18-24-12-10-11-17-29(24)32(28)30-22-25(33(34,35)36)19-21-31(30)37(26-13-6-4-7-14-26)27-15-8-5-9-16-27/h3-22H,1-2H3. The van der Waals surface area contributed by atoms with Crippen LogP contribution < -0.4 is 15.9 Å². The number of halogens is 3. The molecular formula is C33H26F3P. The van der Waals surface area contributed by atoms with Gasteiger partial charge in [0, 0.05) is 0 Å². The van der Waals surface area contributed by atoms with E-state index >= 15 is 0 Å². The number of hydrogen-bond acceptors (Lipinski definition) is 0. The molecule has 37 heavy (non-hydrogen) atoms. The van der Waals surface area contributed by atoms with E-state index in [1.54, 1.807) is 6.07 Å². The molecule has 5 aromatic carbocycles. The first-order valence-electron chi connectivity index (χ1n) is 12.2. The fourth-order valence-electron chi connectivity index (χ4n) is 4.73. The average Bonchev–Trinajstić information content (AvgIpc) is 2.93. The van der Waals surface area contributed by atoms with E-state index < -0.39 is 19.7 Å². The summed E-state index contributed by atoms with van der Waals surface area (Å²) >= 11 is 0. The first-order chi connectivity index (χ1) is 17.9. The minimum Gasteiger partial charge on any atom is -0.166 e. The minimum atomic E-state index is -4.45. The summed E-state index contributed by atoms with van der Waals surface area (Å²) < 4.78 is 42.3. The molecule has 184 valence electrons. The van der Waals surface area contributed by atoms with Gasteiger partial charge in [0.05, 0.1) is 5.56 Å². The summed E-state index contributed by atoms with van der Waals surface area (Å²) in [6.07, 6.45) is -2.44. The zero-order valence-corrected chi connectivity index (χ0v) is 21.5. The second-order valence-electron chi connectivity index (χ2n) is 8.92. The van der Waals surface area contributed by atoms with Crippen LogP contribution in [-0.4, -0.2) is 0 Å². The molecule has 0 aliphatic rings. The van der Waals surface area contributed by atoms with Crippen molar-refractivity contribution in [3.63, 3.8) is 0 Å². The largest absolute Gasteiger partial charge is 0.416 e. The number of benzene rings is 5. The highest BCUT2D eigenvalue weighted by molar-refractivity contribution is 7.80. The zero-order chi connectivity index (χ0) is 26.0. The van der Waals surface area contributed by atoms with Crippen LogP contribution in [0.5, 0.6) is 0 Å². The first kappa shape index (κ1) is 25.0. The second-order valence-corrected chi connectivity index (χ2v) is 11.1. The second kappa shape index (κ2) is 10.4. The first-order valence-corrected chi connectivity index (χ1v) is 13.5. The average molecular weight is 511 g/mol. The molecule has 0 saturated carbocycles. The molecule has 0 radical (unpaired) electrons. The Kier molecular flexibility index (Phi) is 7.00. The summed E-state index contributed by atoms with van der Waals surface area (Å²) in [6.45, 7) is 3.97. The Hall–Kier alpha value is -3.68. The summed E-state index contributed by atoms with van der Waals surface area (Å²) in [5, 5.41) is 5.03. The van der Waals surface area contributed by atoms with Crippen molar-refractivity contribution in [2.24, 2.45) is 0 Å². The van der Waals surface area contributed by atoms with Crippen LogP contribution in [0.2, 0.25) is 0 Å². The maximum atomic E-state index is 14.1. The van der Waals surface area contributed by atoms with Gasteiger partial charge in [-0.25, -0.2) is 0 Å². The van der Waals surface area contributed by atoms with Crippen LogP contribution >= 0.6 is 7.92 Å². The maximum absolute atomic E-state index is 14.1. The van der Waals surface area contributed by atoms with E-state index in [9.17, 15) is 13.2 Å². The predicted molar refractivity (Wildman–Crippen MR) is 152 cm³/mol. The predicted octanol–water partition coefficient (Wildman–Crippen LogP) is 8.71. The van der Waals surface area contributed by atoms with Gasteiger partial charge in [-0.1, -0.05) is 109 Å². The number of hydrogen-bond donors (Lipinski definition) is 0. The van der Waals surface area contributed by atoms with Gasteiger partial charge in [-0.3, -0.25) is 0 Å². The van der Waals surface area contributed by atoms with Crippen LogP contribution in [0.4, 0.5) is 13.2 Å². The van der Waals surface area contributed by atoms with Gasteiger partial charge in [0.2, 0.25) is 0 Å². The highest BCUT2D eigenvalue weighted by Gasteiger charge is 2.33. The zero-order valence-electron chi connectivity index (χ0n) is 20.6. The number of rotatable bonds is 5. The Morgan fingerprint density at radius 2 is 1.30 bits per heavy atom. The molecule has 0 N–H and O–H groups in total. The molecule has 0 bridgehead atoms. The van der Waals surface area contributed by atoms with Crippen LogP contribution in [0.25, 0.3) is 27.5 Å². The Balaban J connectivity index is 1.92. The van der Waals surface area contributed by atoms with Crippen molar-refractivity contribution in [1.82, 2.24) is 0 Å². The van der Waals surface area contributed by atoms with Gasteiger partial charge in [-0.15, -0.1) is 0 Å². The fraction of sp³-hybridized carbons (Fsp3) is 0.0909. The molecule has 4 heteroatoms. The van der Waals surface area contributed by atoms with Gasteiger partial charge in [-0.05, 0) is 82.9 Å². The van der Waals surface area contributed by atoms with Crippen LogP contribution in [0, 0.1) is 0 Å². The Morgan fingerprint density at radius 1 is 0.703 bits per heavy atom. The van der Waals surface area contributed by atoms with Gasteiger partial charge in [0.25, 0.3) is 0 Å². The van der Waals surface area contributed by atoms with Crippen molar-refractivity contribution in [1.29, 1.82) is 0 Å². The van der Waals surface area contributed by atoms with Crippen LogP contribution in [0.15, 0.2) is 121 Å². The molecule has 0 unspecified atom stereocenters. The van der Waals surface area contributed by atoms with Crippen molar-refractivity contribution < 1.29 is 13.2 Å². The van der Waals surface area contributed by atoms with Gasteiger partial charge in [0.1, 0.15) is 0 Å². The number of allylic oxidation sites excluding steroid dienone is 2. The molecule has 0 aliphatic carbocycles. The van der Waals surface area contributed by atoms with Crippen molar-refractivity contribution in [3.8, 4) is 11.1 Å². The maximum Gasteiger partial charge on any atom is 0.416 e. The molecule has 0 spiro atoms. The molecule has 0 fully saturated rings. The van der Waals surface area contributed by atoms with Crippen LogP contribution in [-0.2, 0) is 6.18 Å². The van der Waals surface area contributed by atoms with E-state index in [4.69, 9.17) is 0 Å². The molecule has 0 amide bonds. The smallest absolute Gasteiger partial charge is 0.166 e. The monoisotopic (exact) mass is 510 g/mol. The van der Waals surface area contributed by atoms with Crippen molar-refractivity contribution >= 4 is 40.2 Å². The third kappa shape index (κ3) is 4.97. The van der Waals surface area contributed by atoms with Gasteiger partial charge >= 0.3 is 6.18 Å². The molecule has 0 atom stereocenters. The van der Waals surface area contributed by atoms with Crippen molar-refractivity contribution in [3.05, 3.63) is 132 Å². The summed E-state index contributed by atoms with van der Waals surface area (Å²) in [7, 11) is -1.12. The number of fused-ring (bicyclic) bond motifs is 1. The van der Waals surface area contributed by atoms with E-state index in [1.807, 2.05) is 92.7 Å².